The minimum absolute atomic E-state index is 0. The molecule has 1 aliphatic rings. The Bertz CT molecular complexity index is 440. The fourth-order valence-corrected chi connectivity index (χ4v) is 2.73. The van der Waals surface area contributed by atoms with Crippen molar-refractivity contribution in [3.63, 3.8) is 0 Å². The number of amides is 1. The average Bonchev–Trinajstić information content (AvgIpc) is 2.44. The lowest BCUT2D eigenvalue weighted by molar-refractivity contribution is -0.121. The lowest BCUT2D eigenvalue weighted by Crippen LogP contribution is -2.52. The summed E-state index contributed by atoms with van der Waals surface area (Å²) < 4.78 is 0. The topological polar surface area (TPSA) is 54.0 Å². The molecule has 0 bridgehead atoms. The van der Waals surface area contributed by atoms with Crippen LogP contribution in [-0.4, -0.2) is 30.0 Å². The summed E-state index contributed by atoms with van der Waals surface area (Å²) in [5, 5.41) is 6.58. The van der Waals surface area contributed by atoms with Gasteiger partial charge in [-0.05, 0) is 48.9 Å². The molecule has 0 radical (unpaired) electrons. The highest BCUT2D eigenvalue weighted by Gasteiger charge is 2.31. The lowest BCUT2D eigenvalue weighted by Gasteiger charge is -2.39. The first kappa shape index (κ1) is 21.2. The summed E-state index contributed by atoms with van der Waals surface area (Å²) >= 11 is 0. The molecule has 0 aliphatic carbocycles. The predicted molar refractivity (Wildman–Crippen MR) is 94.9 cm³/mol. The fraction of sp³-hybridized carbons (Fsp3) is 0.625. The van der Waals surface area contributed by atoms with Gasteiger partial charge in [0.15, 0.2) is 0 Å². The molecule has 1 aromatic rings. The van der Waals surface area contributed by atoms with Crippen LogP contribution in [0.15, 0.2) is 24.5 Å². The molecule has 6 heteroatoms. The monoisotopic (exact) mass is 347 g/mol. The number of carbonyl (C=O) groups excluding carboxylic acids is 1. The van der Waals surface area contributed by atoms with Crippen molar-refractivity contribution in [2.45, 2.75) is 45.6 Å². The van der Waals surface area contributed by atoms with Crippen molar-refractivity contribution in [3.05, 3.63) is 30.1 Å². The van der Waals surface area contributed by atoms with Crippen molar-refractivity contribution in [3.8, 4) is 0 Å². The van der Waals surface area contributed by atoms with Crippen molar-refractivity contribution in [1.82, 2.24) is 15.6 Å². The maximum absolute atomic E-state index is 11.9. The van der Waals surface area contributed by atoms with Gasteiger partial charge in [-0.2, -0.15) is 0 Å². The smallest absolute Gasteiger partial charge is 0.220 e. The number of nitrogens with one attached hydrogen (secondary N) is 2. The molecule has 0 spiro atoms. The van der Waals surface area contributed by atoms with Gasteiger partial charge in [0.25, 0.3) is 0 Å². The van der Waals surface area contributed by atoms with Gasteiger partial charge >= 0.3 is 0 Å². The molecule has 126 valence electrons. The van der Waals surface area contributed by atoms with Crippen molar-refractivity contribution >= 4 is 30.7 Å². The first-order valence-corrected chi connectivity index (χ1v) is 7.47. The number of hydrogen-bond acceptors (Lipinski definition) is 3. The van der Waals surface area contributed by atoms with E-state index in [1.807, 2.05) is 12.1 Å². The van der Waals surface area contributed by atoms with E-state index in [1.165, 1.54) is 12.8 Å². The Balaban J connectivity index is 0.00000220. The first-order valence-electron chi connectivity index (χ1n) is 7.47. The number of hydrogen-bond donors (Lipinski definition) is 2. The maximum atomic E-state index is 11.9. The van der Waals surface area contributed by atoms with Crippen molar-refractivity contribution < 1.29 is 4.79 Å². The second-order valence-corrected chi connectivity index (χ2v) is 6.26. The highest BCUT2D eigenvalue weighted by Crippen LogP contribution is 2.29. The number of aromatic nitrogens is 1. The Kier molecular flexibility index (Phi) is 9.65. The second kappa shape index (κ2) is 10.0. The minimum atomic E-state index is 0. The van der Waals surface area contributed by atoms with Gasteiger partial charge in [0.05, 0.1) is 0 Å². The van der Waals surface area contributed by atoms with E-state index < -0.39 is 0 Å². The van der Waals surface area contributed by atoms with Gasteiger partial charge in [0.2, 0.25) is 5.91 Å². The van der Waals surface area contributed by atoms with Crippen LogP contribution in [0.2, 0.25) is 0 Å². The SMILES string of the molecule is CC1(C)CCCNC1CNC(=O)CCc1ccncc1.Cl.Cl. The molecule has 1 fully saturated rings. The highest BCUT2D eigenvalue weighted by atomic mass is 35.5. The number of carbonyl (C=O) groups is 1. The third kappa shape index (κ3) is 6.51. The number of nitrogens with zero attached hydrogens (tertiary/aromatic N) is 1. The van der Waals surface area contributed by atoms with Crippen LogP contribution in [0.5, 0.6) is 0 Å². The van der Waals surface area contributed by atoms with Crippen LogP contribution in [0.3, 0.4) is 0 Å². The van der Waals surface area contributed by atoms with Crippen molar-refractivity contribution in [1.29, 1.82) is 0 Å². The molecule has 0 aromatic carbocycles. The molecule has 1 atom stereocenters. The molecule has 1 aromatic heterocycles. The van der Waals surface area contributed by atoms with Crippen LogP contribution in [-0.2, 0) is 11.2 Å². The van der Waals surface area contributed by atoms with Crippen LogP contribution in [0, 0.1) is 5.41 Å². The molecule has 1 unspecified atom stereocenters. The predicted octanol–water partition coefficient (Wildman–Crippen LogP) is 2.75. The normalized spacial score (nSPS) is 19.5. The van der Waals surface area contributed by atoms with Gasteiger partial charge < -0.3 is 10.6 Å². The summed E-state index contributed by atoms with van der Waals surface area (Å²) in [6.07, 6.45) is 7.29. The third-order valence-corrected chi connectivity index (χ3v) is 4.23. The molecular weight excluding hydrogens is 321 g/mol. The molecular formula is C16H27Cl2N3O. The first-order chi connectivity index (χ1) is 9.58. The van der Waals surface area contributed by atoms with Crippen LogP contribution in [0.1, 0.15) is 38.7 Å². The molecule has 0 saturated carbocycles. The Hall–Kier alpha value is -0.840. The van der Waals surface area contributed by atoms with E-state index >= 15 is 0 Å². The zero-order chi connectivity index (χ0) is 14.4. The largest absolute Gasteiger partial charge is 0.355 e. The standard InChI is InChI=1S/C16H25N3O.2ClH/c1-16(2)8-3-9-18-14(16)12-19-15(20)5-4-13-6-10-17-11-7-13;;/h6-7,10-11,14,18H,3-5,8-9,12H2,1-2H3,(H,19,20);2*1H. The summed E-state index contributed by atoms with van der Waals surface area (Å²) in [4.78, 5) is 15.9. The molecule has 1 amide bonds. The number of piperidine rings is 1. The van der Waals surface area contributed by atoms with Crippen LogP contribution >= 0.6 is 24.8 Å². The van der Waals surface area contributed by atoms with Gasteiger partial charge in [-0.25, -0.2) is 0 Å². The van der Waals surface area contributed by atoms with Gasteiger partial charge in [-0.15, -0.1) is 24.8 Å². The molecule has 2 rings (SSSR count). The lowest BCUT2D eigenvalue weighted by atomic mass is 9.77. The van der Waals surface area contributed by atoms with Crippen molar-refractivity contribution in [2.24, 2.45) is 5.41 Å². The summed E-state index contributed by atoms with van der Waals surface area (Å²) in [7, 11) is 0. The van der Waals surface area contributed by atoms with Gasteiger partial charge in [0.1, 0.15) is 0 Å². The van der Waals surface area contributed by atoms with E-state index in [1.54, 1.807) is 12.4 Å². The maximum Gasteiger partial charge on any atom is 0.220 e. The van der Waals surface area contributed by atoms with Crippen molar-refractivity contribution in [2.75, 3.05) is 13.1 Å². The summed E-state index contributed by atoms with van der Waals surface area (Å²) in [6, 6.07) is 4.29. The van der Waals surface area contributed by atoms with Gasteiger partial charge in [0, 0.05) is 31.4 Å². The number of pyridine rings is 1. The van der Waals surface area contributed by atoms with Crippen LogP contribution < -0.4 is 10.6 Å². The zero-order valence-corrected chi connectivity index (χ0v) is 14.9. The van der Waals surface area contributed by atoms with Gasteiger partial charge in [-0.1, -0.05) is 13.8 Å². The molecule has 1 saturated heterocycles. The Morgan fingerprint density at radius 1 is 1.36 bits per heavy atom. The Morgan fingerprint density at radius 2 is 2.05 bits per heavy atom. The number of halogens is 2. The third-order valence-electron chi connectivity index (χ3n) is 4.23. The van der Waals surface area contributed by atoms with Crippen LogP contribution in [0.4, 0.5) is 0 Å². The number of aryl methyl sites for hydroxylation is 1. The summed E-state index contributed by atoms with van der Waals surface area (Å²) in [5.74, 6) is 0.130. The van der Waals surface area contributed by atoms with E-state index in [2.05, 4.69) is 29.5 Å². The second-order valence-electron chi connectivity index (χ2n) is 6.26. The van der Waals surface area contributed by atoms with E-state index in [0.29, 0.717) is 12.5 Å². The van der Waals surface area contributed by atoms with E-state index in [4.69, 9.17) is 0 Å². The zero-order valence-electron chi connectivity index (χ0n) is 13.3. The molecule has 1 aliphatic heterocycles. The quantitative estimate of drug-likeness (QED) is 0.860. The molecule has 4 nitrogen and oxygen atoms in total. The number of rotatable bonds is 5. The average molecular weight is 348 g/mol. The van der Waals surface area contributed by atoms with E-state index in [-0.39, 0.29) is 36.1 Å². The highest BCUT2D eigenvalue weighted by molar-refractivity contribution is 5.85. The van der Waals surface area contributed by atoms with Crippen LogP contribution in [0.25, 0.3) is 0 Å². The van der Waals surface area contributed by atoms with Gasteiger partial charge in [-0.3, -0.25) is 9.78 Å². The minimum Gasteiger partial charge on any atom is -0.355 e. The molecule has 22 heavy (non-hydrogen) atoms. The summed E-state index contributed by atoms with van der Waals surface area (Å²) in [6.45, 7) is 6.32. The molecule has 2 N–H and O–H groups in total. The fourth-order valence-electron chi connectivity index (χ4n) is 2.73. The molecule has 2 heterocycles. The Labute approximate surface area is 145 Å². The summed E-state index contributed by atoms with van der Waals surface area (Å²) in [5.41, 5.74) is 1.42. The van der Waals surface area contributed by atoms with E-state index in [9.17, 15) is 4.79 Å². The Morgan fingerprint density at radius 3 is 2.68 bits per heavy atom. The van der Waals surface area contributed by atoms with E-state index in [0.717, 1.165) is 25.1 Å².